The van der Waals surface area contributed by atoms with Crippen LogP contribution in [0.5, 0.6) is 0 Å². The molecule has 4 aliphatic rings. The van der Waals surface area contributed by atoms with Crippen molar-refractivity contribution in [1.29, 1.82) is 0 Å². The molecule has 0 aromatic rings. The highest BCUT2D eigenvalue weighted by atomic mass is 127. The van der Waals surface area contributed by atoms with Crippen LogP contribution in [-0.4, -0.2) is 62.2 Å². The molecule has 3 atom stereocenters. The molecule has 3 unspecified atom stereocenters. The van der Waals surface area contributed by atoms with E-state index in [2.05, 4.69) is 10.6 Å². The number of carbonyl (C=O) groups is 1. The zero-order chi connectivity index (χ0) is 18.9. The number of ether oxygens (including phenoxy) is 1. The fourth-order valence-corrected chi connectivity index (χ4v) is 5.91. The van der Waals surface area contributed by atoms with Crippen LogP contribution in [0.15, 0.2) is 4.99 Å². The van der Waals surface area contributed by atoms with Gasteiger partial charge in [0.1, 0.15) is 6.54 Å². The van der Waals surface area contributed by atoms with Gasteiger partial charge in [-0.15, -0.1) is 24.0 Å². The number of guanidine groups is 1. The molecular formula is C21H37IN4O2. The molecule has 0 bridgehead atoms. The first-order valence-electron chi connectivity index (χ1n) is 11.0. The molecule has 0 radical (unpaired) electrons. The summed E-state index contributed by atoms with van der Waals surface area (Å²) in [6.45, 7) is 1.11. The highest BCUT2D eigenvalue weighted by Crippen LogP contribution is 2.60. The smallest absolute Gasteiger partial charge is 0.243 e. The van der Waals surface area contributed by atoms with Crippen LogP contribution in [0.1, 0.15) is 64.2 Å². The van der Waals surface area contributed by atoms with Crippen LogP contribution >= 0.6 is 24.0 Å². The molecule has 4 rings (SSSR count). The summed E-state index contributed by atoms with van der Waals surface area (Å²) in [7, 11) is 3.58. The van der Waals surface area contributed by atoms with Gasteiger partial charge in [-0.1, -0.05) is 32.1 Å². The lowest BCUT2D eigenvalue weighted by Crippen LogP contribution is -2.69. The quantitative estimate of drug-likeness (QED) is 0.351. The highest BCUT2D eigenvalue weighted by molar-refractivity contribution is 14.0. The van der Waals surface area contributed by atoms with Crippen molar-refractivity contribution in [3.05, 3.63) is 0 Å². The Labute approximate surface area is 186 Å². The molecule has 160 valence electrons. The summed E-state index contributed by atoms with van der Waals surface area (Å²) in [5.74, 6) is 1.50. The third-order valence-electron chi connectivity index (χ3n) is 7.40. The molecule has 28 heavy (non-hydrogen) atoms. The van der Waals surface area contributed by atoms with Gasteiger partial charge in [0.15, 0.2) is 5.96 Å². The van der Waals surface area contributed by atoms with Crippen molar-refractivity contribution in [2.24, 2.45) is 16.3 Å². The molecule has 3 saturated carbocycles. The van der Waals surface area contributed by atoms with E-state index in [9.17, 15) is 4.79 Å². The average molecular weight is 504 g/mol. The van der Waals surface area contributed by atoms with Crippen LogP contribution in [0, 0.1) is 11.3 Å². The Balaban J connectivity index is 0.00000225. The zero-order valence-electron chi connectivity index (χ0n) is 17.4. The number of nitrogens with zero attached hydrogens (tertiary/aromatic N) is 2. The van der Waals surface area contributed by atoms with E-state index in [0.717, 1.165) is 19.0 Å². The van der Waals surface area contributed by atoms with Crippen molar-refractivity contribution >= 4 is 35.8 Å². The van der Waals surface area contributed by atoms with Crippen LogP contribution in [0.3, 0.4) is 0 Å². The Morgan fingerprint density at radius 1 is 1.07 bits per heavy atom. The summed E-state index contributed by atoms with van der Waals surface area (Å²) in [6.07, 6.45) is 13.1. The normalized spacial score (nSPS) is 31.6. The van der Waals surface area contributed by atoms with Gasteiger partial charge in [-0.2, -0.15) is 0 Å². The first kappa shape index (κ1) is 22.1. The van der Waals surface area contributed by atoms with Crippen LogP contribution in [0.4, 0.5) is 0 Å². The van der Waals surface area contributed by atoms with E-state index < -0.39 is 0 Å². The van der Waals surface area contributed by atoms with Crippen molar-refractivity contribution in [3.63, 3.8) is 0 Å². The predicted octanol–water partition coefficient (Wildman–Crippen LogP) is 2.91. The number of nitrogens with one attached hydrogen (secondary N) is 2. The molecule has 7 heteroatoms. The van der Waals surface area contributed by atoms with Crippen LogP contribution < -0.4 is 10.6 Å². The van der Waals surface area contributed by atoms with Gasteiger partial charge in [-0.3, -0.25) is 4.79 Å². The van der Waals surface area contributed by atoms with Crippen LogP contribution in [-0.2, 0) is 9.53 Å². The maximum atomic E-state index is 12.1. The van der Waals surface area contributed by atoms with Gasteiger partial charge < -0.3 is 20.3 Å². The van der Waals surface area contributed by atoms with Gasteiger partial charge in [0.05, 0.1) is 6.10 Å². The minimum absolute atomic E-state index is 0. The van der Waals surface area contributed by atoms with Gasteiger partial charge in [-0.25, -0.2) is 4.99 Å². The van der Waals surface area contributed by atoms with Crippen LogP contribution in [0.25, 0.3) is 0 Å². The number of likely N-dealkylation sites (N-methyl/N-ethyl adjacent to an activating group) is 1. The second-order valence-electron chi connectivity index (χ2n) is 9.24. The van der Waals surface area contributed by atoms with Gasteiger partial charge in [-0.05, 0) is 32.1 Å². The van der Waals surface area contributed by atoms with Gasteiger partial charge in [0.25, 0.3) is 0 Å². The number of hydrogen-bond acceptors (Lipinski definition) is 3. The summed E-state index contributed by atoms with van der Waals surface area (Å²) in [4.78, 5) is 18.4. The molecule has 1 aliphatic heterocycles. The number of aliphatic imine (C=N–C) groups is 1. The highest BCUT2D eigenvalue weighted by Gasteiger charge is 2.65. The lowest BCUT2D eigenvalue weighted by molar-refractivity contribution is -0.127. The average Bonchev–Trinajstić information content (AvgIpc) is 3.33. The number of amides is 1. The molecule has 1 heterocycles. The second kappa shape index (κ2) is 9.49. The lowest BCUT2D eigenvalue weighted by Gasteiger charge is -2.57. The minimum Gasteiger partial charge on any atom is -0.377 e. The Bertz CT molecular complexity index is 571. The Hall–Kier alpha value is -0.570. The van der Waals surface area contributed by atoms with Crippen molar-refractivity contribution in [2.45, 2.75) is 82.4 Å². The molecule has 0 aromatic heterocycles. The summed E-state index contributed by atoms with van der Waals surface area (Å²) >= 11 is 0. The monoisotopic (exact) mass is 504 g/mol. The first-order valence-corrected chi connectivity index (χ1v) is 11.0. The molecule has 1 amide bonds. The third-order valence-corrected chi connectivity index (χ3v) is 7.40. The van der Waals surface area contributed by atoms with Crippen molar-refractivity contribution in [1.82, 2.24) is 15.5 Å². The molecule has 4 fully saturated rings. The summed E-state index contributed by atoms with van der Waals surface area (Å²) < 4.78 is 6.12. The predicted molar refractivity (Wildman–Crippen MR) is 122 cm³/mol. The zero-order valence-corrected chi connectivity index (χ0v) is 19.7. The topological polar surface area (TPSA) is 66.0 Å². The van der Waals surface area contributed by atoms with Gasteiger partial charge in [0, 0.05) is 44.1 Å². The van der Waals surface area contributed by atoms with Crippen LogP contribution in [0.2, 0.25) is 0 Å². The molecule has 6 nitrogen and oxygen atoms in total. The molecular weight excluding hydrogens is 467 g/mol. The Kier molecular flexibility index (Phi) is 7.50. The molecule has 2 N–H and O–H groups in total. The summed E-state index contributed by atoms with van der Waals surface area (Å²) in [5.41, 5.74) is 0.293. The number of rotatable bonds is 4. The fourth-order valence-electron chi connectivity index (χ4n) is 5.91. The number of carbonyl (C=O) groups excluding carboxylic acids is 1. The van der Waals surface area contributed by atoms with E-state index in [-0.39, 0.29) is 36.4 Å². The Morgan fingerprint density at radius 3 is 2.46 bits per heavy atom. The molecule has 0 aromatic carbocycles. The first-order chi connectivity index (χ1) is 13.1. The SMILES string of the molecule is CN(C)C(=O)CN=C(NC1CCCCC1)NC1C2CCOC2C12CCCC2.I. The third kappa shape index (κ3) is 4.30. The van der Waals surface area contributed by atoms with E-state index in [1.807, 2.05) is 0 Å². The fraction of sp³-hybridized carbons (Fsp3) is 0.905. The number of halogens is 1. The maximum Gasteiger partial charge on any atom is 0.243 e. The largest absolute Gasteiger partial charge is 0.377 e. The summed E-state index contributed by atoms with van der Waals surface area (Å²) in [6, 6.07) is 0.923. The van der Waals surface area contributed by atoms with Gasteiger partial charge in [0.2, 0.25) is 5.91 Å². The van der Waals surface area contributed by atoms with Gasteiger partial charge >= 0.3 is 0 Å². The van der Waals surface area contributed by atoms with E-state index in [4.69, 9.17) is 9.73 Å². The molecule has 1 spiro atoms. The molecule has 3 aliphatic carbocycles. The lowest BCUT2D eigenvalue weighted by atomic mass is 9.54. The Morgan fingerprint density at radius 2 is 1.79 bits per heavy atom. The van der Waals surface area contributed by atoms with Crippen molar-refractivity contribution < 1.29 is 9.53 Å². The second-order valence-corrected chi connectivity index (χ2v) is 9.24. The van der Waals surface area contributed by atoms with E-state index >= 15 is 0 Å². The minimum atomic E-state index is 0. The van der Waals surface area contributed by atoms with Crippen molar-refractivity contribution in [3.8, 4) is 0 Å². The van der Waals surface area contributed by atoms with E-state index in [1.165, 1.54) is 57.8 Å². The van der Waals surface area contributed by atoms with E-state index in [0.29, 0.717) is 29.5 Å². The van der Waals surface area contributed by atoms with E-state index in [1.54, 1.807) is 19.0 Å². The van der Waals surface area contributed by atoms with Crippen molar-refractivity contribution in [2.75, 3.05) is 27.2 Å². The number of fused-ring (bicyclic) bond motifs is 2. The maximum absolute atomic E-state index is 12.1. The summed E-state index contributed by atoms with van der Waals surface area (Å²) in [5, 5.41) is 7.45. The standard InChI is InChI=1S/C21H36N4O2.HI/c1-25(2)17(26)14-22-20(23-15-8-4-3-5-9-15)24-18-16-10-13-27-19(16)21(18)11-6-7-12-21;/h15-16,18-19H,3-14H2,1-2H3,(H2,22,23,24);1H. The number of hydrogen-bond donors (Lipinski definition) is 2. The molecule has 1 saturated heterocycles.